The van der Waals surface area contributed by atoms with Gasteiger partial charge in [-0.1, -0.05) is 6.92 Å². The van der Waals surface area contributed by atoms with E-state index in [-0.39, 0.29) is 11.5 Å². The summed E-state index contributed by atoms with van der Waals surface area (Å²) in [7, 11) is -2.98. The lowest BCUT2D eigenvalue weighted by Crippen LogP contribution is -2.40. The zero-order valence-electron chi connectivity index (χ0n) is 11.4. The van der Waals surface area contributed by atoms with E-state index >= 15 is 0 Å². The van der Waals surface area contributed by atoms with Gasteiger partial charge < -0.3 is 5.11 Å². The van der Waals surface area contributed by atoms with E-state index < -0.39 is 21.8 Å². The van der Waals surface area contributed by atoms with E-state index in [4.69, 9.17) is 0 Å². The van der Waals surface area contributed by atoms with Gasteiger partial charge in [-0.3, -0.25) is 9.69 Å². The first-order chi connectivity index (χ1) is 9.44. The Morgan fingerprint density at radius 1 is 1.55 bits per heavy atom. The Morgan fingerprint density at radius 3 is 2.95 bits per heavy atom. The molecule has 1 aliphatic heterocycles. The van der Waals surface area contributed by atoms with Crippen molar-refractivity contribution in [1.29, 1.82) is 0 Å². The molecule has 0 fully saturated rings. The number of hydrogen-bond donors (Lipinski definition) is 1. The Kier molecular flexibility index (Phi) is 4.82. The van der Waals surface area contributed by atoms with Crippen molar-refractivity contribution < 1.29 is 18.3 Å². The number of carbonyl (C=O) groups is 1. The van der Waals surface area contributed by atoms with Crippen molar-refractivity contribution in [2.24, 2.45) is 0 Å². The van der Waals surface area contributed by atoms with Crippen LogP contribution in [0.4, 0.5) is 0 Å². The summed E-state index contributed by atoms with van der Waals surface area (Å²) in [6.45, 7) is 2.82. The zero-order valence-corrected chi connectivity index (χ0v) is 13.0. The highest BCUT2D eigenvalue weighted by molar-refractivity contribution is 7.91. The van der Waals surface area contributed by atoms with E-state index in [9.17, 15) is 18.3 Å². The number of aliphatic carboxylic acids is 1. The fraction of sp³-hybridized carbons (Fsp3) is 0.615. The molecular weight excluding hydrogens is 298 g/mol. The van der Waals surface area contributed by atoms with Crippen molar-refractivity contribution in [2.75, 3.05) is 24.6 Å². The zero-order chi connectivity index (χ0) is 14.8. The summed E-state index contributed by atoms with van der Waals surface area (Å²) in [5.41, 5.74) is 0.868. The van der Waals surface area contributed by atoms with Crippen LogP contribution in [0.5, 0.6) is 0 Å². The van der Waals surface area contributed by atoms with Crippen LogP contribution in [0.2, 0.25) is 0 Å². The predicted molar refractivity (Wildman–Crippen MR) is 78.9 cm³/mol. The van der Waals surface area contributed by atoms with Gasteiger partial charge in [-0.15, -0.1) is 11.3 Å². The lowest BCUT2D eigenvalue weighted by Gasteiger charge is -2.33. The van der Waals surface area contributed by atoms with Gasteiger partial charge >= 0.3 is 5.97 Å². The standard InChI is InChI=1S/C13H19NO4S2/c1-2-20(17,18)9-3-6-14-7-4-11-10(5-8-19-11)12(14)13(15)16/h5,8,12H,2-4,6-7,9H2,1H3,(H,15,16). The summed E-state index contributed by atoms with van der Waals surface area (Å²) in [6.07, 6.45) is 1.33. The molecule has 1 aromatic rings. The average molecular weight is 317 g/mol. The van der Waals surface area contributed by atoms with Crippen molar-refractivity contribution >= 4 is 27.1 Å². The van der Waals surface area contributed by atoms with Crippen LogP contribution in [0.25, 0.3) is 0 Å². The fourth-order valence-electron chi connectivity index (χ4n) is 2.53. The predicted octanol–water partition coefficient (Wildman–Crippen LogP) is 1.56. The number of carboxylic acids is 1. The van der Waals surface area contributed by atoms with Crippen LogP contribution < -0.4 is 0 Å². The summed E-state index contributed by atoms with van der Waals surface area (Å²) < 4.78 is 23.0. The normalized spacial score (nSPS) is 19.8. The fourth-order valence-corrected chi connectivity index (χ4v) is 4.29. The van der Waals surface area contributed by atoms with E-state index in [0.29, 0.717) is 19.5 Å². The molecule has 0 aromatic carbocycles. The van der Waals surface area contributed by atoms with Crippen LogP contribution in [0.1, 0.15) is 29.8 Å². The van der Waals surface area contributed by atoms with Gasteiger partial charge in [-0.25, -0.2) is 8.42 Å². The second-order valence-electron chi connectivity index (χ2n) is 4.92. The second-order valence-corrected chi connectivity index (χ2v) is 8.39. The van der Waals surface area contributed by atoms with Gasteiger partial charge in [0.15, 0.2) is 0 Å². The van der Waals surface area contributed by atoms with Crippen LogP contribution in [0.3, 0.4) is 0 Å². The van der Waals surface area contributed by atoms with Crippen molar-refractivity contribution in [1.82, 2.24) is 4.90 Å². The third-order valence-electron chi connectivity index (χ3n) is 3.64. The molecule has 0 spiro atoms. The first kappa shape index (κ1) is 15.5. The van der Waals surface area contributed by atoms with Gasteiger partial charge in [0.1, 0.15) is 15.9 Å². The third kappa shape index (κ3) is 3.39. The minimum Gasteiger partial charge on any atom is -0.480 e. The maximum absolute atomic E-state index is 11.5. The molecule has 1 N–H and O–H groups in total. The van der Waals surface area contributed by atoms with E-state index in [1.54, 1.807) is 18.3 Å². The number of rotatable bonds is 6. The van der Waals surface area contributed by atoms with Gasteiger partial charge in [-0.05, 0) is 29.9 Å². The molecule has 0 radical (unpaired) electrons. The Balaban J connectivity index is 2.03. The van der Waals surface area contributed by atoms with Crippen LogP contribution in [-0.4, -0.2) is 49.0 Å². The van der Waals surface area contributed by atoms with Gasteiger partial charge in [0.05, 0.1) is 5.75 Å². The molecule has 1 aliphatic rings. The number of hydrogen-bond acceptors (Lipinski definition) is 5. The number of fused-ring (bicyclic) bond motifs is 1. The highest BCUT2D eigenvalue weighted by Crippen LogP contribution is 2.33. The number of nitrogens with zero attached hydrogens (tertiary/aromatic N) is 1. The summed E-state index contributed by atoms with van der Waals surface area (Å²) in [6, 6.07) is 1.24. The van der Waals surface area contributed by atoms with Crippen molar-refractivity contribution in [2.45, 2.75) is 25.8 Å². The quantitative estimate of drug-likeness (QED) is 0.862. The first-order valence-electron chi connectivity index (χ1n) is 6.68. The van der Waals surface area contributed by atoms with Crippen LogP contribution in [0, 0.1) is 0 Å². The molecule has 20 heavy (non-hydrogen) atoms. The Bertz CT molecular complexity index is 579. The van der Waals surface area contributed by atoms with E-state index in [1.165, 1.54) is 0 Å². The van der Waals surface area contributed by atoms with Gasteiger partial charge in [0.2, 0.25) is 0 Å². The molecule has 7 heteroatoms. The van der Waals surface area contributed by atoms with Gasteiger partial charge in [0.25, 0.3) is 0 Å². The lowest BCUT2D eigenvalue weighted by molar-refractivity contribution is -0.144. The van der Waals surface area contributed by atoms with Gasteiger partial charge in [-0.2, -0.15) is 0 Å². The minimum absolute atomic E-state index is 0.128. The Hall–Kier alpha value is -0.920. The lowest BCUT2D eigenvalue weighted by atomic mass is 10.00. The monoisotopic (exact) mass is 317 g/mol. The van der Waals surface area contributed by atoms with E-state index in [0.717, 1.165) is 16.9 Å². The molecule has 2 heterocycles. The number of carboxylic acid groups (broad SMARTS) is 1. The topological polar surface area (TPSA) is 74.7 Å². The second kappa shape index (κ2) is 6.24. The summed E-state index contributed by atoms with van der Waals surface area (Å²) in [5.74, 6) is -0.588. The maximum atomic E-state index is 11.5. The molecular formula is C13H19NO4S2. The molecule has 2 rings (SSSR count). The average Bonchev–Trinajstić information content (AvgIpc) is 2.85. The minimum atomic E-state index is -2.98. The maximum Gasteiger partial charge on any atom is 0.325 e. The molecule has 5 nitrogen and oxygen atoms in total. The summed E-state index contributed by atoms with van der Waals surface area (Å²) in [5, 5.41) is 11.3. The molecule has 0 saturated heterocycles. The smallest absolute Gasteiger partial charge is 0.325 e. The number of sulfone groups is 1. The summed E-state index contributed by atoms with van der Waals surface area (Å²) in [4.78, 5) is 14.5. The summed E-state index contributed by atoms with van der Waals surface area (Å²) >= 11 is 1.59. The molecule has 0 bridgehead atoms. The van der Waals surface area contributed by atoms with Crippen molar-refractivity contribution in [3.05, 3.63) is 21.9 Å². The first-order valence-corrected chi connectivity index (χ1v) is 9.38. The third-order valence-corrected chi connectivity index (χ3v) is 6.43. The van der Waals surface area contributed by atoms with Crippen LogP contribution in [-0.2, 0) is 21.1 Å². The van der Waals surface area contributed by atoms with Gasteiger partial charge in [0, 0.05) is 23.7 Å². The van der Waals surface area contributed by atoms with Crippen molar-refractivity contribution in [3.8, 4) is 0 Å². The molecule has 112 valence electrons. The Labute approximate surface area is 123 Å². The van der Waals surface area contributed by atoms with Crippen LogP contribution in [0.15, 0.2) is 11.4 Å². The largest absolute Gasteiger partial charge is 0.480 e. The van der Waals surface area contributed by atoms with E-state index in [2.05, 4.69) is 0 Å². The van der Waals surface area contributed by atoms with E-state index in [1.807, 2.05) is 16.3 Å². The molecule has 0 saturated carbocycles. The highest BCUT2D eigenvalue weighted by atomic mass is 32.2. The SMILES string of the molecule is CCS(=O)(=O)CCCN1CCc2sccc2C1C(=O)O. The molecule has 1 atom stereocenters. The highest BCUT2D eigenvalue weighted by Gasteiger charge is 2.33. The molecule has 0 aliphatic carbocycles. The molecule has 1 unspecified atom stereocenters. The molecule has 0 amide bonds. The van der Waals surface area contributed by atoms with Crippen molar-refractivity contribution in [3.63, 3.8) is 0 Å². The number of thiophene rings is 1. The van der Waals surface area contributed by atoms with Crippen LogP contribution >= 0.6 is 11.3 Å². The Morgan fingerprint density at radius 2 is 2.30 bits per heavy atom. The molecule has 1 aromatic heterocycles.